The highest BCUT2D eigenvalue weighted by Crippen LogP contribution is 2.43. The van der Waals surface area contributed by atoms with Gasteiger partial charge in [-0.3, -0.25) is 14.6 Å². The van der Waals surface area contributed by atoms with Gasteiger partial charge in [-0.25, -0.2) is 4.39 Å². The predicted octanol–water partition coefficient (Wildman–Crippen LogP) is 2.90. The van der Waals surface area contributed by atoms with Crippen molar-refractivity contribution >= 4 is 0 Å². The molecule has 0 aliphatic carbocycles. The quantitative estimate of drug-likeness (QED) is 0.781. The molecule has 1 aromatic carbocycles. The molecule has 6 heteroatoms. The summed E-state index contributed by atoms with van der Waals surface area (Å²) in [6, 6.07) is 8.18. The maximum absolute atomic E-state index is 13.3. The van der Waals surface area contributed by atoms with Crippen molar-refractivity contribution in [3.05, 3.63) is 59.8 Å². The molecule has 0 saturated carbocycles. The first-order chi connectivity index (χ1) is 11.9. The Morgan fingerprint density at radius 3 is 2.56 bits per heavy atom. The molecule has 0 saturated heterocycles. The first-order valence-electron chi connectivity index (χ1n) is 8.10. The molecule has 0 fully saturated rings. The lowest BCUT2D eigenvalue weighted by molar-refractivity contribution is -0.0744. The van der Waals surface area contributed by atoms with Crippen LogP contribution < -0.4 is 0 Å². The number of fused-ring (bicyclic) bond motifs is 1. The van der Waals surface area contributed by atoms with Gasteiger partial charge in [-0.1, -0.05) is 0 Å². The molecular weight excluding hydrogens is 319 g/mol. The van der Waals surface area contributed by atoms with Crippen molar-refractivity contribution in [1.29, 1.82) is 0 Å². The highest BCUT2D eigenvalue weighted by Gasteiger charge is 2.40. The maximum atomic E-state index is 13.3. The smallest absolute Gasteiger partial charge is 0.144 e. The first-order valence-corrected chi connectivity index (χ1v) is 8.10. The molecular formula is C19H19FN4O. The van der Waals surface area contributed by atoms with E-state index in [2.05, 4.69) is 10.1 Å². The van der Waals surface area contributed by atoms with E-state index < -0.39 is 5.72 Å². The fraction of sp³-hybridized carbons (Fsp3) is 0.263. The fourth-order valence-corrected chi connectivity index (χ4v) is 3.45. The van der Waals surface area contributed by atoms with Crippen molar-refractivity contribution in [1.82, 2.24) is 19.7 Å². The van der Waals surface area contributed by atoms with Gasteiger partial charge in [0.15, 0.2) is 0 Å². The van der Waals surface area contributed by atoms with E-state index in [1.807, 2.05) is 31.3 Å². The third-order valence-electron chi connectivity index (χ3n) is 4.87. The zero-order chi connectivity index (χ0) is 17.8. The van der Waals surface area contributed by atoms with Gasteiger partial charge in [0.2, 0.25) is 0 Å². The zero-order valence-electron chi connectivity index (χ0n) is 14.4. The molecule has 1 N–H and O–H groups in total. The number of rotatable bonds is 2. The van der Waals surface area contributed by atoms with Gasteiger partial charge in [-0.05, 0) is 49.9 Å². The molecule has 0 spiro atoms. The Bertz CT molecular complexity index is 947. The van der Waals surface area contributed by atoms with Gasteiger partial charge in [0.1, 0.15) is 17.2 Å². The molecule has 1 aliphatic heterocycles. The van der Waals surface area contributed by atoms with E-state index in [-0.39, 0.29) is 5.82 Å². The third-order valence-corrected chi connectivity index (χ3v) is 4.87. The summed E-state index contributed by atoms with van der Waals surface area (Å²) in [7, 11) is 3.72. The van der Waals surface area contributed by atoms with Crippen molar-refractivity contribution in [3.63, 3.8) is 0 Å². The lowest BCUT2D eigenvalue weighted by atomic mass is 9.93. The van der Waals surface area contributed by atoms with Crippen LogP contribution in [0.2, 0.25) is 0 Å². The highest BCUT2D eigenvalue weighted by molar-refractivity contribution is 5.83. The van der Waals surface area contributed by atoms with Gasteiger partial charge in [0, 0.05) is 42.7 Å². The topological polar surface area (TPSA) is 54.2 Å². The number of benzene rings is 1. The molecule has 3 aromatic rings. The van der Waals surface area contributed by atoms with Crippen LogP contribution >= 0.6 is 0 Å². The van der Waals surface area contributed by atoms with Crippen molar-refractivity contribution in [3.8, 4) is 22.4 Å². The Morgan fingerprint density at radius 2 is 1.84 bits per heavy atom. The van der Waals surface area contributed by atoms with Crippen LogP contribution in [0.25, 0.3) is 22.4 Å². The van der Waals surface area contributed by atoms with Gasteiger partial charge < -0.3 is 5.11 Å². The second-order valence-corrected chi connectivity index (χ2v) is 6.63. The predicted molar refractivity (Wildman–Crippen MR) is 92.9 cm³/mol. The Hall–Kier alpha value is -2.57. The number of halogens is 1. The Morgan fingerprint density at radius 1 is 1.12 bits per heavy atom. The molecule has 4 rings (SSSR count). The van der Waals surface area contributed by atoms with E-state index >= 15 is 0 Å². The summed E-state index contributed by atoms with van der Waals surface area (Å²) in [6.45, 7) is 2.36. The lowest BCUT2D eigenvalue weighted by Crippen LogP contribution is -2.35. The monoisotopic (exact) mass is 338 g/mol. The second kappa shape index (κ2) is 5.47. The second-order valence-electron chi connectivity index (χ2n) is 6.63. The van der Waals surface area contributed by atoms with Crippen LogP contribution in [0.15, 0.2) is 42.7 Å². The average molecular weight is 338 g/mol. The summed E-state index contributed by atoms with van der Waals surface area (Å²) < 4.78 is 15.0. The number of hydrogen-bond acceptors (Lipinski definition) is 4. The highest BCUT2D eigenvalue weighted by atomic mass is 19.1. The van der Waals surface area contributed by atoms with Crippen LogP contribution in [0.1, 0.15) is 18.2 Å². The molecule has 2 aromatic heterocycles. The van der Waals surface area contributed by atoms with E-state index in [1.165, 1.54) is 12.1 Å². The summed E-state index contributed by atoms with van der Waals surface area (Å²) in [5.74, 6) is -0.282. The van der Waals surface area contributed by atoms with Gasteiger partial charge in [-0.15, -0.1) is 0 Å². The standard InChI is InChI=1S/C19H19FN4O/c1-19(25)17-14(8-9-21-16(17)11-23(19)2)15-10-24(3)22-18(15)12-4-6-13(20)7-5-12/h4-10,25H,11H2,1-3H3. The Balaban J connectivity index is 1.94. The maximum Gasteiger partial charge on any atom is 0.144 e. The van der Waals surface area contributed by atoms with Crippen molar-refractivity contribution in [2.24, 2.45) is 7.05 Å². The van der Waals surface area contributed by atoms with Crippen LogP contribution in [0.5, 0.6) is 0 Å². The van der Waals surface area contributed by atoms with Crippen molar-refractivity contribution in [2.45, 2.75) is 19.2 Å². The average Bonchev–Trinajstić information content (AvgIpc) is 3.06. The normalized spacial score (nSPS) is 20.0. The molecule has 1 unspecified atom stereocenters. The molecule has 25 heavy (non-hydrogen) atoms. The minimum absolute atomic E-state index is 0.282. The van der Waals surface area contributed by atoms with E-state index in [1.54, 1.807) is 29.9 Å². The van der Waals surface area contributed by atoms with Crippen LogP contribution in [-0.2, 0) is 19.3 Å². The summed E-state index contributed by atoms with van der Waals surface area (Å²) >= 11 is 0. The number of aliphatic hydroxyl groups is 1. The van der Waals surface area contributed by atoms with E-state index in [0.717, 1.165) is 33.6 Å². The number of nitrogens with zero attached hydrogens (tertiary/aromatic N) is 4. The summed E-state index contributed by atoms with van der Waals surface area (Å²) in [6.07, 6.45) is 3.67. The molecule has 5 nitrogen and oxygen atoms in total. The number of pyridine rings is 1. The Labute approximate surface area is 145 Å². The number of hydrogen-bond donors (Lipinski definition) is 1. The van der Waals surface area contributed by atoms with E-state index in [0.29, 0.717) is 6.54 Å². The third kappa shape index (κ3) is 2.45. The van der Waals surface area contributed by atoms with Crippen LogP contribution in [-0.4, -0.2) is 31.8 Å². The van der Waals surface area contributed by atoms with Crippen LogP contribution in [0.3, 0.4) is 0 Å². The Kier molecular flexibility index (Phi) is 3.49. The van der Waals surface area contributed by atoms with E-state index in [4.69, 9.17) is 0 Å². The lowest BCUT2D eigenvalue weighted by Gasteiger charge is -2.28. The summed E-state index contributed by atoms with van der Waals surface area (Å²) in [4.78, 5) is 6.30. The minimum Gasteiger partial charge on any atom is -0.372 e. The molecule has 0 bridgehead atoms. The van der Waals surface area contributed by atoms with Crippen LogP contribution in [0, 0.1) is 5.82 Å². The van der Waals surface area contributed by atoms with E-state index in [9.17, 15) is 9.50 Å². The molecule has 0 amide bonds. The molecule has 0 radical (unpaired) electrons. The summed E-state index contributed by atoms with van der Waals surface area (Å²) in [5, 5.41) is 15.5. The summed E-state index contributed by atoms with van der Waals surface area (Å²) in [5.41, 5.74) is 3.92. The zero-order valence-corrected chi connectivity index (χ0v) is 14.4. The largest absolute Gasteiger partial charge is 0.372 e. The molecule has 3 heterocycles. The van der Waals surface area contributed by atoms with Crippen LogP contribution in [0.4, 0.5) is 4.39 Å². The van der Waals surface area contributed by atoms with Crippen molar-refractivity contribution < 1.29 is 9.50 Å². The van der Waals surface area contributed by atoms with Gasteiger partial charge >= 0.3 is 0 Å². The minimum atomic E-state index is -1.10. The van der Waals surface area contributed by atoms with Gasteiger partial charge in [-0.2, -0.15) is 5.10 Å². The van der Waals surface area contributed by atoms with Gasteiger partial charge in [0.25, 0.3) is 0 Å². The fourth-order valence-electron chi connectivity index (χ4n) is 3.45. The number of aromatic nitrogens is 3. The molecule has 1 atom stereocenters. The molecule has 128 valence electrons. The first kappa shape index (κ1) is 15.9. The van der Waals surface area contributed by atoms with Crippen molar-refractivity contribution in [2.75, 3.05) is 7.05 Å². The number of aryl methyl sites for hydroxylation is 1. The molecule has 1 aliphatic rings. The van der Waals surface area contributed by atoms with Gasteiger partial charge in [0.05, 0.1) is 5.69 Å². The SMILES string of the molecule is CN1Cc2nccc(-c3cn(C)nc3-c3ccc(F)cc3)c2C1(C)O.